The van der Waals surface area contributed by atoms with E-state index < -0.39 is 0 Å². The largest absolute Gasteiger partial charge is 0.497 e. The predicted molar refractivity (Wildman–Crippen MR) is 134 cm³/mol. The second-order valence-corrected chi connectivity index (χ2v) is 8.84. The number of benzene rings is 2. The van der Waals surface area contributed by atoms with Gasteiger partial charge in [0.15, 0.2) is 5.17 Å². The molecule has 1 amide bonds. The molecule has 1 aliphatic heterocycles. The third-order valence-electron chi connectivity index (χ3n) is 5.00. The highest BCUT2D eigenvalue weighted by Gasteiger charge is 2.37. The maximum atomic E-state index is 12.9. The first-order valence-electron chi connectivity index (χ1n) is 10.3. The third-order valence-corrected chi connectivity index (χ3v) is 6.41. The molecule has 1 aromatic heterocycles. The number of nitrogens with zero attached hydrogens (tertiary/aromatic N) is 3. The van der Waals surface area contributed by atoms with Crippen molar-refractivity contribution < 1.29 is 13.9 Å². The summed E-state index contributed by atoms with van der Waals surface area (Å²) in [5.41, 5.74) is 1.97. The summed E-state index contributed by atoms with van der Waals surface area (Å²) in [5.74, 6) is 2.04. The fourth-order valence-electron chi connectivity index (χ4n) is 3.32. The number of carbonyl (C=O) groups excluding carboxylic acids is 1. The van der Waals surface area contributed by atoms with Crippen LogP contribution in [0.5, 0.6) is 5.75 Å². The average Bonchev–Trinajstić information content (AvgIpc) is 3.41. The normalized spacial score (nSPS) is 17.3. The molecule has 6 nitrogen and oxygen atoms in total. The van der Waals surface area contributed by atoms with E-state index in [0.717, 1.165) is 16.9 Å². The van der Waals surface area contributed by atoms with E-state index in [9.17, 15) is 4.79 Å². The van der Waals surface area contributed by atoms with Crippen LogP contribution >= 0.6 is 23.4 Å². The van der Waals surface area contributed by atoms with Crippen LogP contribution in [0, 0.1) is 0 Å². The third kappa shape index (κ3) is 5.56. The first-order chi connectivity index (χ1) is 16.1. The molecule has 0 radical (unpaired) electrons. The van der Waals surface area contributed by atoms with E-state index in [1.54, 1.807) is 18.1 Å². The quantitative estimate of drug-likeness (QED) is 0.237. The monoisotopic (exact) mass is 479 g/mol. The summed E-state index contributed by atoms with van der Waals surface area (Å²) >= 11 is 7.34. The minimum Gasteiger partial charge on any atom is -0.497 e. The minimum atomic E-state index is -0.271. The summed E-state index contributed by atoms with van der Waals surface area (Å²) in [6.07, 6.45) is 3.80. The lowest BCUT2D eigenvalue weighted by Crippen LogP contribution is -2.32. The van der Waals surface area contributed by atoms with E-state index in [1.165, 1.54) is 18.0 Å². The topological polar surface area (TPSA) is 67.4 Å². The molecule has 0 N–H and O–H groups in total. The van der Waals surface area contributed by atoms with Crippen LogP contribution in [-0.2, 0) is 11.2 Å². The number of amidine groups is 1. The zero-order valence-corrected chi connectivity index (χ0v) is 19.6. The standard InChI is InChI=1S/C25H22ClN3O3S/c1-3-14-29-24(30)23(15-17-4-10-20(31-2)11-5-17)33-25(29)28-27-16-21-12-13-22(32-21)18-6-8-19(26)9-7-18/h3-13,16,23H,1,14-15H2,2H3/b27-16+,28-25+. The predicted octanol–water partition coefficient (Wildman–Crippen LogP) is 5.67. The van der Waals surface area contributed by atoms with Crippen LogP contribution in [0.1, 0.15) is 11.3 Å². The number of carbonyl (C=O) groups is 1. The van der Waals surface area contributed by atoms with Gasteiger partial charge in [-0.25, -0.2) is 0 Å². The molecule has 1 saturated heterocycles. The van der Waals surface area contributed by atoms with Crippen molar-refractivity contribution in [2.45, 2.75) is 11.7 Å². The average molecular weight is 480 g/mol. The molecule has 4 rings (SSSR count). The lowest BCUT2D eigenvalue weighted by molar-refractivity contribution is -0.125. The number of hydrogen-bond acceptors (Lipinski definition) is 6. The molecule has 1 aliphatic rings. The molecule has 0 saturated carbocycles. The number of thioether (sulfide) groups is 1. The van der Waals surface area contributed by atoms with Gasteiger partial charge in [-0.3, -0.25) is 9.69 Å². The van der Waals surface area contributed by atoms with Gasteiger partial charge in [0.05, 0.1) is 18.6 Å². The van der Waals surface area contributed by atoms with Crippen molar-refractivity contribution in [1.29, 1.82) is 0 Å². The van der Waals surface area contributed by atoms with E-state index in [2.05, 4.69) is 16.8 Å². The van der Waals surface area contributed by atoms with E-state index in [4.69, 9.17) is 20.8 Å². The lowest BCUT2D eigenvalue weighted by Gasteiger charge is -2.12. The number of furan rings is 1. The number of rotatable bonds is 8. The highest BCUT2D eigenvalue weighted by atomic mass is 35.5. The van der Waals surface area contributed by atoms with Crippen molar-refractivity contribution in [2.24, 2.45) is 10.2 Å². The Morgan fingerprint density at radius 1 is 1.15 bits per heavy atom. The Morgan fingerprint density at radius 2 is 1.91 bits per heavy atom. The summed E-state index contributed by atoms with van der Waals surface area (Å²) in [6.45, 7) is 4.13. The zero-order chi connectivity index (χ0) is 23.2. The summed E-state index contributed by atoms with van der Waals surface area (Å²) in [7, 11) is 1.63. The van der Waals surface area contributed by atoms with Gasteiger partial charge >= 0.3 is 0 Å². The number of amides is 1. The van der Waals surface area contributed by atoms with E-state index in [1.807, 2.05) is 60.7 Å². The lowest BCUT2D eigenvalue weighted by atomic mass is 10.1. The highest BCUT2D eigenvalue weighted by molar-refractivity contribution is 8.15. The van der Waals surface area contributed by atoms with Gasteiger partial charge in [0, 0.05) is 17.1 Å². The van der Waals surface area contributed by atoms with Gasteiger partial charge < -0.3 is 9.15 Å². The molecule has 2 heterocycles. The molecule has 8 heteroatoms. The number of ether oxygens (including phenoxy) is 1. The molecular formula is C25H22ClN3O3S. The maximum absolute atomic E-state index is 12.9. The van der Waals surface area contributed by atoms with Crippen LogP contribution < -0.4 is 4.74 Å². The van der Waals surface area contributed by atoms with Gasteiger partial charge in [-0.2, -0.15) is 5.10 Å². The molecule has 2 aromatic carbocycles. The van der Waals surface area contributed by atoms with Crippen LogP contribution in [0.15, 0.2) is 87.9 Å². The van der Waals surface area contributed by atoms with E-state index in [-0.39, 0.29) is 11.2 Å². The van der Waals surface area contributed by atoms with Crippen molar-refractivity contribution in [3.05, 3.63) is 89.7 Å². The number of methoxy groups -OCH3 is 1. The number of halogens is 1. The van der Waals surface area contributed by atoms with E-state index >= 15 is 0 Å². The summed E-state index contributed by atoms with van der Waals surface area (Å²) in [6, 6.07) is 18.8. The fraction of sp³-hybridized carbons (Fsp3) is 0.160. The van der Waals surface area contributed by atoms with Crippen LogP contribution in [0.4, 0.5) is 0 Å². The molecule has 0 aliphatic carbocycles. The summed E-state index contributed by atoms with van der Waals surface area (Å²) < 4.78 is 11.0. The first kappa shape index (κ1) is 22.9. The molecule has 1 fully saturated rings. The zero-order valence-electron chi connectivity index (χ0n) is 18.0. The molecular weight excluding hydrogens is 458 g/mol. The van der Waals surface area contributed by atoms with Crippen LogP contribution in [0.2, 0.25) is 5.02 Å². The Bertz CT molecular complexity index is 1190. The molecule has 33 heavy (non-hydrogen) atoms. The van der Waals surface area contributed by atoms with Gasteiger partial charge in [-0.15, -0.1) is 11.7 Å². The van der Waals surface area contributed by atoms with Crippen molar-refractivity contribution in [3.63, 3.8) is 0 Å². The van der Waals surface area contributed by atoms with Crippen LogP contribution in [-0.4, -0.2) is 41.1 Å². The van der Waals surface area contributed by atoms with E-state index in [0.29, 0.717) is 34.7 Å². The van der Waals surface area contributed by atoms with Gasteiger partial charge in [0.1, 0.15) is 17.3 Å². The van der Waals surface area contributed by atoms with Gasteiger partial charge in [0.25, 0.3) is 0 Å². The van der Waals surface area contributed by atoms with Crippen molar-refractivity contribution in [1.82, 2.24) is 4.90 Å². The second-order valence-electron chi connectivity index (χ2n) is 7.23. The number of hydrogen-bond donors (Lipinski definition) is 0. The Labute approximate surface area is 201 Å². The van der Waals surface area contributed by atoms with Gasteiger partial charge in [0.2, 0.25) is 5.91 Å². The Balaban J connectivity index is 1.46. The first-order valence-corrected chi connectivity index (χ1v) is 11.5. The molecule has 168 valence electrons. The summed E-state index contributed by atoms with van der Waals surface area (Å²) in [5, 5.41) is 9.39. The van der Waals surface area contributed by atoms with Gasteiger partial charge in [-0.05, 0) is 60.5 Å². The minimum absolute atomic E-state index is 0.00677. The second kappa shape index (κ2) is 10.6. The molecule has 1 atom stereocenters. The van der Waals surface area contributed by atoms with Crippen LogP contribution in [0.25, 0.3) is 11.3 Å². The maximum Gasteiger partial charge on any atom is 0.242 e. The van der Waals surface area contributed by atoms with Crippen molar-refractivity contribution in [2.75, 3.05) is 13.7 Å². The Morgan fingerprint density at radius 3 is 2.61 bits per heavy atom. The summed E-state index contributed by atoms with van der Waals surface area (Å²) in [4.78, 5) is 14.5. The SMILES string of the molecule is C=CCN1C(=O)C(Cc2ccc(OC)cc2)S/C1=N/N=C/c1ccc(-c2ccc(Cl)cc2)o1. The molecule has 0 bridgehead atoms. The molecule has 1 unspecified atom stereocenters. The van der Waals surface area contributed by atoms with Crippen LogP contribution in [0.3, 0.4) is 0 Å². The molecule has 0 spiro atoms. The smallest absolute Gasteiger partial charge is 0.242 e. The van der Waals surface area contributed by atoms with Crippen molar-refractivity contribution >= 4 is 40.7 Å². The Kier molecular flexibility index (Phi) is 7.32. The molecule has 3 aromatic rings. The van der Waals surface area contributed by atoms with Gasteiger partial charge in [-0.1, -0.05) is 41.6 Å². The fourth-order valence-corrected chi connectivity index (χ4v) is 4.59. The highest BCUT2D eigenvalue weighted by Crippen LogP contribution is 2.30. The van der Waals surface area contributed by atoms with Crippen molar-refractivity contribution in [3.8, 4) is 17.1 Å². The Hall–Kier alpha value is -3.29.